The molecule has 7 aromatic carbocycles. The third-order valence-electron chi connectivity index (χ3n) is 18.6. The van der Waals surface area contributed by atoms with Gasteiger partial charge in [-0.15, -0.1) is 11.3 Å². The van der Waals surface area contributed by atoms with Crippen LogP contribution in [0.1, 0.15) is 155 Å². The van der Waals surface area contributed by atoms with Crippen LogP contribution < -0.4 is 20.6 Å². The Kier molecular flexibility index (Phi) is 8.63. The fourth-order valence-electron chi connectivity index (χ4n) is 14.0. The van der Waals surface area contributed by atoms with Gasteiger partial charge < -0.3 is 9.71 Å². The van der Waals surface area contributed by atoms with Gasteiger partial charge in [0, 0.05) is 54.2 Å². The van der Waals surface area contributed by atoms with Crippen LogP contribution in [0.15, 0.2) is 115 Å². The normalized spacial score (nSPS) is 20.6. The fourth-order valence-corrected chi connectivity index (χ4v) is 15.1. The molecule has 0 fully saturated rings. The molecule has 0 radical (unpaired) electrons. The monoisotopic (exact) mass is 907 g/mol. The topological polar surface area (TPSA) is 6.48 Å². The molecule has 1 aromatic heterocycles. The van der Waals surface area contributed by atoms with E-state index in [0.717, 1.165) is 0 Å². The van der Waals surface area contributed by atoms with Crippen LogP contribution in [0.3, 0.4) is 0 Å². The molecule has 0 saturated heterocycles. The van der Waals surface area contributed by atoms with Crippen LogP contribution in [0.5, 0.6) is 0 Å². The molecular weight excluding hydrogens is 840 g/mol. The quantitative estimate of drug-likeness (QED) is 0.160. The van der Waals surface area contributed by atoms with Gasteiger partial charge in [0.1, 0.15) is 0 Å². The summed E-state index contributed by atoms with van der Waals surface area (Å²) in [6.45, 7) is 29.7. The summed E-state index contributed by atoms with van der Waals surface area (Å²) in [6, 6.07) is 46.7. The molecule has 0 unspecified atom stereocenters. The lowest BCUT2D eigenvalue weighted by molar-refractivity contribution is 0.332. The minimum atomic E-state index is -0.0629. The minimum absolute atomic E-state index is 0.0424. The SMILES string of the molecule is CC1(C)CCC(C)(C)c2cc(N3B4c5cc6c(cc5N(c5ccc7c(c5)C(C)(C)CCC7(C)C)c5cc7ccccc7c(c54)-c4cc5c(cc43)sc3ccccc35)C(C)(C)CCC6(C)C)ccc21. The van der Waals surface area contributed by atoms with E-state index in [9.17, 15) is 0 Å². The Morgan fingerprint density at radius 2 is 0.926 bits per heavy atom. The van der Waals surface area contributed by atoms with Crippen molar-refractivity contribution >= 4 is 88.5 Å². The lowest BCUT2D eigenvalue weighted by atomic mass is 9.42. The summed E-state index contributed by atoms with van der Waals surface area (Å²) in [5.74, 6) is 0. The van der Waals surface area contributed by atoms with E-state index in [-0.39, 0.29) is 39.3 Å². The first kappa shape index (κ1) is 42.8. The van der Waals surface area contributed by atoms with Crippen molar-refractivity contribution < 1.29 is 0 Å². The Bertz CT molecular complexity index is 3500. The number of hydrogen-bond donors (Lipinski definition) is 0. The van der Waals surface area contributed by atoms with E-state index in [2.05, 4.69) is 208 Å². The maximum Gasteiger partial charge on any atom is 0.333 e. The van der Waals surface area contributed by atoms with Crippen LogP contribution in [0.4, 0.5) is 28.4 Å². The average molecular weight is 907 g/mol. The zero-order valence-corrected chi connectivity index (χ0v) is 43.4. The molecule has 342 valence electrons. The Hall–Kier alpha value is -5.32. The van der Waals surface area contributed by atoms with Gasteiger partial charge in [-0.25, -0.2) is 0 Å². The van der Waals surface area contributed by atoms with E-state index in [1.54, 1.807) is 0 Å². The van der Waals surface area contributed by atoms with E-state index in [1.165, 1.54) is 153 Å². The molecule has 0 N–H and O–H groups in total. The van der Waals surface area contributed by atoms with E-state index >= 15 is 0 Å². The van der Waals surface area contributed by atoms with Gasteiger partial charge in [0.05, 0.1) is 0 Å². The van der Waals surface area contributed by atoms with E-state index in [4.69, 9.17) is 0 Å². The number of anilines is 5. The van der Waals surface area contributed by atoms with Crippen molar-refractivity contribution in [3.63, 3.8) is 0 Å². The summed E-state index contributed by atoms with van der Waals surface area (Å²) in [6.07, 6.45) is 7.12. The molecule has 0 spiro atoms. The number of fused-ring (bicyclic) bond motifs is 12. The van der Waals surface area contributed by atoms with Crippen LogP contribution in [0, 0.1) is 0 Å². The molecule has 3 aliphatic carbocycles. The molecular formula is C64H67BN2S. The Labute approximate surface area is 409 Å². The van der Waals surface area contributed by atoms with Gasteiger partial charge in [-0.1, -0.05) is 144 Å². The number of nitrogens with zero attached hydrogens (tertiary/aromatic N) is 2. The van der Waals surface area contributed by atoms with Crippen LogP contribution in [0.25, 0.3) is 42.1 Å². The predicted octanol–water partition coefficient (Wildman–Crippen LogP) is 17.0. The summed E-state index contributed by atoms with van der Waals surface area (Å²) in [5, 5.41) is 5.32. The molecule has 5 aliphatic rings. The largest absolute Gasteiger partial charge is 0.376 e. The minimum Gasteiger partial charge on any atom is -0.376 e. The maximum atomic E-state index is 2.82. The van der Waals surface area contributed by atoms with Crippen LogP contribution >= 0.6 is 11.3 Å². The van der Waals surface area contributed by atoms with E-state index < -0.39 is 0 Å². The van der Waals surface area contributed by atoms with Crippen molar-refractivity contribution in [2.45, 2.75) is 154 Å². The fraction of sp³-hybridized carbons (Fsp3) is 0.375. The van der Waals surface area contributed by atoms with Crippen molar-refractivity contribution in [2.75, 3.05) is 9.71 Å². The van der Waals surface area contributed by atoms with Crippen LogP contribution in [0.2, 0.25) is 0 Å². The molecule has 13 rings (SSSR count). The highest BCUT2D eigenvalue weighted by Crippen LogP contribution is 2.56. The van der Waals surface area contributed by atoms with Gasteiger partial charge in [0.15, 0.2) is 0 Å². The predicted molar refractivity (Wildman–Crippen MR) is 296 cm³/mol. The molecule has 0 saturated carbocycles. The zero-order valence-electron chi connectivity index (χ0n) is 42.6. The number of thiophene rings is 1. The van der Waals surface area contributed by atoms with E-state index in [0.29, 0.717) is 0 Å². The molecule has 0 amide bonds. The molecule has 68 heavy (non-hydrogen) atoms. The second kappa shape index (κ2) is 13.7. The van der Waals surface area contributed by atoms with Crippen LogP contribution in [-0.2, 0) is 32.5 Å². The number of benzene rings is 7. The summed E-state index contributed by atoms with van der Waals surface area (Å²) in [5.41, 5.74) is 21.6. The van der Waals surface area contributed by atoms with Gasteiger partial charge >= 0.3 is 6.85 Å². The molecule has 0 bridgehead atoms. The van der Waals surface area contributed by atoms with E-state index in [1.807, 2.05) is 11.3 Å². The lowest BCUT2D eigenvalue weighted by Crippen LogP contribution is -2.62. The average Bonchev–Trinajstić information content (AvgIpc) is 3.67. The standard InChI is InChI=1S/C64H67BN2S/c1-59(2)25-27-61(5,6)47-32-39(21-23-45(47)59)66-53-36-50-49(63(9,10)29-30-64(50,11)12)35-51(53)65-58-54(66)31-38-17-13-14-18-41(38)57(58)44-34-43-42-19-15-16-20-55(42)68-56(43)37-52(44)67(65)40-22-24-46-48(33-40)62(7,8)28-26-60(46,3)4/h13-24,31-37H,25-30H2,1-12H3. The first-order valence-corrected chi connectivity index (χ1v) is 26.6. The van der Waals surface area contributed by atoms with Gasteiger partial charge in [-0.3, -0.25) is 0 Å². The van der Waals surface area contributed by atoms with Crippen molar-refractivity contribution in [3.05, 3.63) is 149 Å². The highest BCUT2D eigenvalue weighted by Gasteiger charge is 2.49. The Balaban J connectivity index is 1.20. The van der Waals surface area contributed by atoms with Crippen molar-refractivity contribution in [1.82, 2.24) is 0 Å². The van der Waals surface area contributed by atoms with Crippen molar-refractivity contribution in [3.8, 4) is 11.1 Å². The molecule has 3 heterocycles. The molecule has 8 aromatic rings. The Morgan fingerprint density at radius 1 is 0.412 bits per heavy atom. The van der Waals surface area contributed by atoms with Gasteiger partial charge in [-0.2, -0.15) is 0 Å². The first-order chi connectivity index (χ1) is 32.2. The van der Waals surface area contributed by atoms with Crippen LogP contribution in [-0.4, -0.2) is 6.85 Å². The third kappa shape index (κ3) is 5.88. The Morgan fingerprint density at radius 3 is 1.56 bits per heavy atom. The molecule has 0 atom stereocenters. The van der Waals surface area contributed by atoms with Gasteiger partial charge in [-0.05, 0) is 186 Å². The second-order valence-electron chi connectivity index (χ2n) is 25.7. The van der Waals surface area contributed by atoms with Crippen molar-refractivity contribution in [2.24, 2.45) is 0 Å². The lowest BCUT2D eigenvalue weighted by Gasteiger charge is -2.49. The highest BCUT2D eigenvalue weighted by atomic mass is 32.1. The third-order valence-corrected chi connectivity index (χ3v) is 19.7. The summed E-state index contributed by atoms with van der Waals surface area (Å²) in [7, 11) is 0. The van der Waals surface area contributed by atoms with Crippen molar-refractivity contribution in [1.29, 1.82) is 0 Å². The summed E-state index contributed by atoms with van der Waals surface area (Å²) >= 11 is 1.94. The second-order valence-corrected chi connectivity index (χ2v) is 26.8. The number of rotatable bonds is 2. The summed E-state index contributed by atoms with van der Waals surface area (Å²) < 4.78 is 2.70. The molecule has 4 heteroatoms. The zero-order chi connectivity index (χ0) is 47.2. The molecule has 2 aliphatic heterocycles. The maximum absolute atomic E-state index is 2.82. The summed E-state index contributed by atoms with van der Waals surface area (Å²) in [4.78, 5) is 5.55. The number of hydrogen-bond acceptors (Lipinski definition) is 3. The van der Waals surface area contributed by atoms with Gasteiger partial charge in [0.25, 0.3) is 0 Å². The van der Waals surface area contributed by atoms with Gasteiger partial charge in [0.2, 0.25) is 0 Å². The smallest absolute Gasteiger partial charge is 0.333 e. The first-order valence-electron chi connectivity index (χ1n) is 25.8. The highest BCUT2D eigenvalue weighted by molar-refractivity contribution is 7.25. The molecule has 2 nitrogen and oxygen atoms in total.